The molecule has 0 radical (unpaired) electrons. The lowest BCUT2D eigenvalue weighted by Gasteiger charge is -2.07. The van der Waals surface area contributed by atoms with E-state index in [1.807, 2.05) is 6.07 Å². The molecule has 0 spiro atoms. The number of rotatable bonds is 5. The minimum absolute atomic E-state index is 0.0326. The molecule has 2 atom stereocenters. The van der Waals surface area contributed by atoms with Gasteiger partial charge in [0.1, 0.15) is 12.4 Å². The van der Waals surface area contributed by atoms with Gasteiger partial charge < -0.3 is 14.8 Å². The highest BCUT2D eigenvalue weighted by Crippen LogP contribution is 2.50. The van der Waals surface area contributed by atoms with E-state index in [2.05, 4.69) is 17.4 Å². The van der Waals surface area contributed by atoms with E-state index >= 15 is 0 Å². The zero-order valence-electron chi connectivity index (χ0n) is 11.1. The van der Waals surface area contributed by atoms with Crippen molar-refractivity contribution in [3.05, 3.63) is 29.3 Å². The van der Waals surface area contributed by atoms with E-state index in [1.165, 1.54) is 18.2 Å². The van der Waals surface area contributed by atoms with E-state index in [1.54, 1.807) is 0 Å². The number of fused-ring (bicyclic) bond motifs is 1. The van der Waals surface area contributed by atoms with Gasteiger partial charge in [-0.05, 0) is 29.9 Å². The summed E-state index contributed by atoms with van der Waals surface area (Å²) in [5, 5.41) is 2.92. The summed E-state index contributed by atoms with van der Waals surface area (Å²) in [7, 11) is 1.53. The molecule has 102 valence electrons. The van der Waals surface area contributed by atoms with Crippen molar-refractivity contribution >= 4 is 5.91 Å². The molecule has 2 aliphatic rings. The Bertz CT molecular complexity index is 486. The van der Waals surface area contributed by atoms with Gasteiger partial charge in [0.15, 0.2) is 0 Å². The topological polar surface area (TPSA) is 47.6 Å². The van der Waals surface area contributed by atoms with Gasteiger partial charge in [0, 0.05) is 25.6 Å². The molecular weight excluding hydrogens is 242 g/mol. The number of nitrogens with one attached hydrogen (secondary N) is 1. The van der Waals surface area contributed by atoms with Crippen molar-refractivity contribution in [2.45, 2.75) is 18.8 Å². The molecule has 1 aromatic carbocycles. The van der Waals surface area contributed by atoms with E-state index in [9.17, 15) is 4.79 Å². The van der Waals surface area contributed by atoms with Crippen molar-refractivity contribution in [1.29, 1.82) is 0 Å². The van der Waals surface area contributed by atoms with Gasteiger partial charge in [-0.15, -0.1) is 0 Å². The highest BCUT2D eigenvalue weighted by atomic mass is 16.5. The predicted molar refractivity (Wildman–Crippen MR) is 71.4 cm³/mol. The Labute approximate surface area is 113 Å². The molecule has 19 heavy (non-hydrogen) atoms. The average molecular weight is 261 g/mol. The number of methoxy groups -OCH3 is 1. The molecule has 1 aliphatic heterocycles. The second-order valence-corrected chi connectivity index (χ2v) is 5.26. The standard InChI is InChI=1S/C15H19NO3/c1-18-9-15(17)16-8-10-7-13(10)11-3-2-4-14-12(11)5-6-19-14/h2-4,10,13H,5-9H2,1H3,(H,16,17)/t10-,13+/m0/s1. The van der Waals surface area contributed by atoms with Crippen molar-refractivity contribution in [2.24, 2.45) is 5.92 Å². The smallest absolute Gasteiger partial charge is 0.245 e. The third-order valence-electron chi connectivity index (χ3n) is 3.94. The molecule has 1 heterocycles. The number of hydrogen-bond donors (Lipinski definition) is 1. The molecule has 1 amide bonds. The van der Waals surface area contributed by atoms with Gasteiger partial charge in [-0.1, -0.05) is 12.1 Å². The maximum atomic E-state index is 11.3. The fourth-order valence-electron chi connectivity index (χ4n) is 2.88. The minimum Gasteiger partial charge on any atom is -0.493 e. The van der Waals surface area contributed by atoms with Crippen molar-refractivity contribution in [1.82, 2.24) is 5.32 Å². The lowest BCUT2D eigenvalue weighted by Crippen LogP contribution is -2.29. The van der Waals surface area contributed by atoms with Crippen LogP contribution in [0.15, 0.2) is 18.2 Å². The highest BCUT2D eigenvalue weighted by molar-refractivity contribution is 5.77. The first-order valence-corrected chi connectivity index (χ1v) is 6.80. The Balaban J connectivity index is 1.58. The Morgan fingerprint density at radius 3 is 3.26 bits per heavy atom. The molecule has 1 aromatic rings. The molecule has 4 nitrogen and oxygen atoms in total. The molecule has 1 aliphatic carbocycles. The fourth-order valence-corrected chi connectivity index (χ4v) is 2.88. The summed E-state index contributed by atoms with van der Waals surface area (Å²) in [5.74, 6) is 2.16. The van der Waals surface area contributed by atoms with Crippen LogP contribution >= 0.6 is 0 Å². The number of hydrogen-bond acceptors (Lipinski definition) is 3. The molecule has 1 fully saturated rings. The van der Waals surface area contributed by atoms with Crippen molar-refractivity contribution in [2.75, 3.05) is 26.9 Å². The maximum absolute atomic E-state index is 11.3. The van der Waals surface area contributed by atoms with E-state index < -0.39 is 0 Å². The Morgan fingerprint density at radius 2 is 2.42 bits per heavy atom. The van der Waals surface area contributed by atoms with Gasteiger partial charge in [-0.2, -0.15) is 0 Å². The van der Waals surface area contributed by atoms with Gasteiger partial charge in [0.2, 0.25) is 5.91 Å². The number of amides is 1. The van der Waals surface area contributed by atoms with Crippen LogP contribution < -0.4 is 10.1 Å². The quantitative estimate of drug-likeness (QED) is 0.873. The van der Waals surface area contributed by atoms with E-state index in [-0.39, 0.29) is 12.5 Å². The van der Waals surface area contributed by atoms with Crippen LogP contribution in [0.1, 0.15) is 23.5 Å². The van der Waals surface area contributed by atoms with Crippen molar-refractivity contribution in [3.63, 3.8) is 0 Å². The summed E-state index contributed by atoms with van der Waals surface area (Å²) in [6, 6.07) is 6.32. The normalized spacial score (nSPS) is 23.6. The lowest BCUT2D eigenvalue weighted by atomic mass is 10.00. The Morgan fingerprint density at radius 1 is 1.53 bits per heavy atom. The van der Waals surface area contributed by atoms with Gasteiger partial charge in [-0.25, -0.2) is 0 Å². The van der Waals surface area contributed by atoms with Crippen molar-refractivity contribution < 1.29 is 14.3 Å². The molecule has 0 unspecified atom stereocenters. The summed E-state index contributed by atoms with van der Waals surface area (Å²) in [6.07, 6.45) is 2.18. The molecule has 3 rings (SSSR count). The number of benzene rings is 1. The first kappa shape index (κ1) is 12.5. The molecule has 0 bridgehead atoms. The van der Waals surface area contributed by atoms with Gasteiger partial charge >= 0.3 is 0 Å². The summed E-state index contributed by atoms with van der Waals surface area (Å²) >= 11 is 0. The first-order valence-electron chi connectivity index (χ1n) is 6.80. The van der Waals surface area contributed by atoms with E-state index in [0.29, 0.717) is 11.8 Å². The van der Waals surface area contributed by atoms with Gasteiger partial charge in [0.05, 0.1) is 6.61 Å². The number of ether oxygens (including phenoxy) is 2. The average Bonchev–Trinajstić information content (AvgIpc) is 3.02. The third kappa shape index (κ3) is 2.59. The Kier molecular flexibility index (Phi) is 3.42. The molecule has 0 aromatic heterocycles. The second kappa shape index (κ2) is 5.21. The lowest BCUT2D eigenvalue weighted by molar-refractivity contribution is -0.124. The predicted octanol–water partition coefficient (Wildman–Crippen LogP) is 1.49. The van der Waals surface area contributed by atoms with Crippen molar-refractivity contribution in [3.8, 4) is 5.75 Å². The van der Waals surface area contributed by atoms with Crippen LogP contribution in [0.4, 0.5) is 0 Å². The van der Waals surface area contributed by atoms with Gasteiger partial charge in [0.25, 0.3) is 0 Å². The molecule has 4 heteroatoms. The largest absolute Gasteiger partial charge is 0.493 e. The fraction of sp³-hybridized carbons (Fsp3) is 0.533. The van der Waals surface area contributed by atoms with E-state index in [4.69, 9.17) is 9.47 Å². The second-order valence-electron chi connectivity index (χ2n) is 5.26. The summed E-state index contributed by atoms with van der Waals surface area (Å²) in [6.45, 7) is 1.69. The number of carbonyl (C=O) groups excluding carboxylic acids is 1. The number of carbonyl (C=O) groups is 1. The first-order chi connectivity index (χ1) is 9.29. The molecule has 0 saturated heterocycles. The third-order valence-corrected chi connectivity index (χ3v) is 3.94. The van der Waals surface area contributed by atoms with Crippen LogP contribution in [0.5, 0.6) is 5.75 Å². The molecule has 1 saturated carbocycles. The van der Waals surface area contributed by atoms with Gasteiger partial charge in [-0.3, -0.25) is 4.79 Å². The monoisotopic (exact) mass is 261 g/mol. The SMILES string of the molecule is COCC(=O)NC[C@@H]1C[C@H]1c1cccc2c1CCO2. The van der Waals surface area contributed by atoms with E-state index in [0.717, 1.165) is 31.7 Å². The van der Waals surface area contributed by atoms with Crippen LogP contribution in [0, 0.1) is 5.92 Å². The highest BCUT2D eigenvalue weighted by Gasteiger charge is 2.40. The molecule has 1 N–H and O–H groups in total. The van der Waals surface area contributed by atoms with Crippen LogP contribution in [-0.4, -0.2) is 32.8 Å². The molecular formula is C15H19NO3. The maximum Gasteiger partial charge on any atom is 0.245 e. The summed E-state index contributed by atoms with van der Waals surface area (Å²) in [4.78, 5) is 11.3. The zero-order chi connectivity index (χ0) is 13.2. The summed E-state index contributed by atoms with van der Waals surface area (Å²) in [5.41, 5.74) is 2.79. The van der Waals surface area contributed by atoms with Crippen LogP contribution in [0.25, 0.3) is 0 Å². The van der Waals surface area contributed by atoms with Crippen LogP contribution in [-0.2, 0) is 16.0 Å². The Hall–Kier alpha value is -1.55. The minimum atomic E-state index is -0.0326. The summed E-state index contributed by atoms with van der Waals surface area (Å²) < 4.78 is 10.4. The van der Waals surface area contributed by atoms with Crippen LogP contribution in [0.3, 0.4) is 0 Å². The zero-order valence-corrected chi connectivity index (χ0v) is 11.1. The van der Waals surface area contributed by atoms with Crippen LogP contribution in [0.2, 0.25) is 0 Å².